The average Bonchev–Trinajstić information content (AvgIpc) is 2.60. The molecule has 7 heteroatoms. The van der Waals surface area contributed by atoms with E-state index in [0.717, 1.165) is 5.69 Å². The van der Waals surface area contributed by atoms with Gasteiger partial charge in [0, 0.05) is 11.4 Å². The Bertz CT molecular complexity index is 856. The molecule has 0 aliphatic rings. The molecule has 120 valence electrons. The van der Waals surface area contributed by atoms with Crippen LogP contribution in [0.4, 0.5) is 21.6 Å². The third kappa shape index (κ3) is 3.85. The van der Waals surface area contributed by atoms with Crippen LogP contribution < -0.4 is 10.6 Å². The molecule has 0 spiro atoms. The molecule has 0 unspecified atom stereocenters. The Balaban J connectivity index is 1.68. The summed E-state index contributed by atoms with van der Waals surface area (Å²) in [5.74, 6) is -0.496. The summed E-state index contributed by atoms with van der Waals surface area (Å²) in [5, 5.41) is 5.58. The van der Waals surface area contributed by atoms with E-state index in [4.69, 9.17) is 11.6 Å². The number of amides is 1. The first-order valence-corrected chi connectivity index (χ1v) is 7.40. The van der Waals surface area contributed by atoms with Crippen LogP contribution in [0.15, 0.2) is 60.9 Å². The lowest BCUT2D eigenvalue weighted by atomic mass is 10.3. The molecule has 0 atom stereocenters. The zero-order valence-corrected chi connectivity index (χ0v) is 13.1. The van der Waals surface area contributed by atoms with Gasteiger partial charge in [-0.15, -0.1) is 0 Å². The molecule has 0 saturated heterocycles. The van der Waals surface area contributed by atoms with Crippen LogP contribution in [0.2, 0.25) is 5.02 Å². The fourth-order valence-electron chi connectivity index (χ4n) is 1.95. The van der Waals surface area contributed by atoms with E-state index >= 15 is 0 Å². The molecule has 5 nitrogen and oxygen atoms in total. The van der Waals surface area contributed by atoms with Crippen molar-refractivity contribution in [2.45, 2.75) is 0 Å². The van der Waals surface area contributed by atoms with Crippen molar-refractivity contribution < 1.29 is 9.18 Å². The second-order valence-electron chi connectivity index (χ2n) is 4.86. The largest absolute Gasteiger partial charge is 0.339 e. The molecule has 2 aromatic carbocycles. The number of carbonyl (C=O) groups excluding carboxylic acids is 1. The summed E-state index contributed by atoms with van der Waals surface area (Å²) in [4.78, 5) is 20.3. The maximum atomic E-state index is 13.1. The first-order valence-electron chi connectivity index (χ1n) is 7.02. The molecule has 2 N–H and O–H groups in total. The molecule has 0 aliphatic heterocycles. The highest BCUT2D eigenvalue weighted by atomic mass is 35.5. The van der Waals surface area contributed by atoms with E-state index in [0.29, 0.717) is 11.5 Å². The summed E-state index contributed by atoms with van der Waals surface area (Å²) in [7, 11) is 0. The van der Waals surface area contributed by atoms with E-state index in [1.54, 1.807) is 0 Å². The van der Waals surface area contributed by atoms with Crippen LogP contribution >= 0.6 is 11.6 Å². The summed E-state index contributed by atoms with van der Waals surface area (Å²) in [6.45, 7) is 0. The fourth-order valence-corrected chi connectivity index (χ4v) is 2.13. The number of aromatic nitrogens is 2. The number of anilines is 3. The maximum absolute atomic E-state index is 13.1. The van der Waals surface area contributed by atoms with Crippen molar-refractivity contribution in [1.82, 2.24) is 9.97 Å². The van der Waals surface area contributed by atoms with Gasteiger partial charge in [-0.2, -0.15) is 0 Å². The summed E-state index contributed by atoms with van der Waals surface area (Å²) < 4.78 is 13.1. The number of nitrogens with zero attached hydrogens (tertiary/aromatic N) is 2. The van der Waals surface area contributed by atoms with Gasteiger partial charge in [0.15, 0.2) is 0 Å². The molecular weight excluding hydrogens is 331 g/mol. The highest BCUT2D eigenvalue weighted by Gasteiger charge is 2.10. The normalized spacial score (nSPS) is 10.2. The molecule has 0 radical (unpaired) electrons. The zero-order valence-electron chi connectivity index (χ0n) is 12.3. The monoisotopic (exact) mass is 342 g/mol. The van der Waals surface area contributed by atoms with E-state index in [2.05, 4.69) is 20.6 Å². The van der Waals surface area contributed by atoms with Gasteiger partial charge in [-0.3, -0.25) is 4.79 Å². The molecule has 3 aromatic rings. The number of nitrogens with one attached hydrogen (secondary N) is 2. The van der Waals surface area contributed by atoms with Crippen molar-refractivity contribution in [2.75, 3.05) is 10.6 Å². The molecule has 1 heterocycles. The molecule has 0 aliphatic carbocycles. The minimum absolute atomic E-state index is 0.0682. The van der Waals surface area contributed by atoms with Gasteiger partial charge >= 0.3 is 0 Å². The van der Waals surface area contributed by atoms with Crippen molar-refractivity contribution in [3.05, 3.63) is 77.5 Å². The highest BCUT2D eigenvalue weighted by Crippen LogP contribution is 2.20. The van der Waals surface area contributed by atoms with E-state index in [1.165, 1.54) is 30.6 Å². The number of para-hydroxylation sites is 1. The Morgan fingerprint density at radius 1 is 1.00 bits per heavy atom. The molecule has 0 saturated carbocycles. The van der Waals surface area contributed by atoms with Gasteiger partial charge in [-0.25, -0.2) is 14.4 Å². The van der Waals surface area contributed by atoms with Gasteiger partial charge in [0.05, 0.1) is 17.4 Å². The number of benzene rings is 2. The summed E-state index contributed by atoms with van der Waals surface area (Å²) in [6.07, 6.45) is 2.81. The van der Waals surface area contributed by atoms with Crippen molar-refractivity contribution in [1.29, 1.82) is 0 Å². The quantitative estimate of drug-likeness (QED) is 0.743. The summed E-state index contributed by atoms with van der Waals surface area (Å²) in [5.41, 5.74) is 1.37. The lowest BCUT2D eigenvalue weighted by Gasteiger charge is -2.07. The first kappa shape index (κ1) is 15.9. The number of halogens is 2. The molecule has 3 rings (SSSR count). The van der Waals surface area contributed by atoms with Crippen LogP contribution in [0.25, 0.3) is 0 Å². The smallest absolute Gasteiger partial charge is 0.275 e. The maximum Gasteiger partial charge on any atom is 0.275 e. The standard InChI is InChI=1S/C17H12ClFN4O/c18-13-8-12(6-7-14(13)19)23-17(24)15-9-21-16(10-20-15)22-11-4-2-1-3-5-11/h1-10H,(H,21,22)(H,23,24). The molecule has 24 heavy (non-hydrogen) atoms. The van der Waals surface area contributed by atoms with E-state index < -0.39 is 11.7 Å². The Morgan fingerprint density at radius 3 is 2.46 bits per heavy atom. The van der Waals surface area contributed by atoms with Crippen LogP contribution in [0, 0.1) is 5.82 Å². The lowest BCUT2D eigenvalue weighted by molar-refractivity contribution is 0.102. The van der Waals surface area contributed by atoms with Gasteiger partial charge in [-0.05, 0) is 30.3 Å². The predicted molar refractivity (Wildman–Crippen MR) is 91.1 cm³/mol. The zero-order chi connectivity index (χ0) is 16.9. The SMILES string of the molecule is O=C(Nc1ccc(F)c(Cl)c1)c1cnc(Nc2ccccc2)cn1. The van der Waals surface area contributed by atoms with Gasteiger partial charge in [-0.1, -0.05) is 29.8 Å². The second kappa shape index (κ2) is 7.06. The molecule has 0 bridgehead atoms. The number of rotatable bonds is 4. The van der Waals surface area contributed by atoms with Crippen molar-refractivity contribution in [2.24, 2.45) is 0 Å². The van der Waals surface area contributed by atoms with E-state index in [9.17, 15) is 9.18 Å². The van der Waals surface area contributed by atoms with Crippen LogP contribution in [0.3, 0.4) is 0 Å². The third-order valence-corrected chi connectivity index (χ3v) is 3.40. The van der Waals surface area contributed by atoms with Crippen molar-refractivity contribution in [3.8, 4) is 0 Å². The Morgan fingerprint density at radius 2 is 1.79 bits per heavy atom. The first-order chi connectivity index (χ1) is 11.6. The minimum Gasteiger partial charge on any atom is -0.339 e. The van der Waals surface area contributed by atoms with Crippen LogP contribution in [-0.4, -0.2) is 15.9 Å². The lowest BCUT2D eigenvalue weighted by Crippen LogP contribution is -2.14. The highest BCUT2D eigenvalue weighted by molar-refractivity contribution is 6.31. The third-order valence-electron chi connectivity index (χ3n) is 3.11. The topological polar surface area (TPSA) is 66.9 Å². The van der Waals surface area contributed by atoms with Crippen LogP contribution in [0.5, 0.6) is 0 Å². The number of carbonyl (C=O) groups is 1. The molecular formula is C17H12ClFN4O. The van der Waals surface area contributed by atoms with Crippen LogP contribution in [0.1, 0.15) is 10.5 Å². The molecule has 0 fully saturated rings. The van der Waals surface area contributed by atoms with Gasteiger partial charge in [0.25, 0.3) is 5.91 Å². The molecule has 1 aromatic heterocycles. The second-order valence-corrected chi connectivity index (χ2v) is 5.27. The average molecular weight is 343 g/mol. The summed E-state index contributed by atoms with van der Waals surface area (Å²) >= 11 is 5.68. The molecule has 1 amide bonds. The van der Waals surface area contributed by atoms with Gasteiger partial charge < -0.3 is 10.6 Å². The fraction of sp³-hybridized carbons (Fsp3) is 0. The Hall–Kier alpha value is -2.99. The van der Waals surface area contributed by atoms with Crippen LogP contribution in [-0.2, 0) is 0 Å². The van der Waals surface area contributed by atoms with E-state index in [-0.39, 0.29) is 10.7 Å². The number of hydrogen-bond donors (Lipinski definition) is 2. The Kier molecular flexibility index (Phi) is 4.67. The van der Waals surface area contributed by atoms with E-state index in [1.807, 2.05) is 30.3 Å². The van der Waals surface area contributed by atoms with Gasteiger partial charge in [0.1, 0.15) is 17.3 Å². The van der Waals surface area contributed by atoms with Crippen molar-refractivity contribution in [3.63, 3.8) is 0 Å². The predicted octanol–water partition coefficient (Wildman–Crippen LogP) is 4.27. The Labute approximate surface area is 142 Å². The summed E-state index contributed by atoms with van der Waals surface area (Å²) in [6, 6.07) is 13.4. The van der Waals surface area contributed by atoms with Gasteiger partial charge in [0.2, 0.25) is 0 Å². The number of hydrogen-bond acceptors (Lipinski definition) is 4. The van der Waals surface area contributed by atoms with Crippen molar-refractivity contribution >= 4 is 34.7 Å². The minimum atomic E-state index is -0.550.